The number of rotatable bonds is 3. The maximum atomic E-state index is 12.6. The van der Waals surface area contributed by atoms with E-state index in [1.54, 1.807) is 11.3 Å². The molecule has 0 fully saturated rings. The topological polar surface area (TPSA) is 42.4 Å². The Morgan fingerprint density at radius 1 is 1.41 bits per heavy atom. The average Bonchev–Trinajstić information content (AvgIpc) is 2.92. The number of amides is 1. The largest absolute Gasteiger partial charge is 0.478 e. The van der Waals surface area contributed by atoms with Gasteiger partial charge in [0, 0.05) is 17.0 Å². The van der Waals surface area contributed by atoms with Crippen LogP contribution in [-0.4, -0.2) is 23.0 Å². The Morgan fingerprint density at radius 3 is 2.77 bits per heavy atom. The van der Waals surface area contributed by atoms with Crippen molar-refractivity contribution < 1.29 is 9.53 Å². The molecule has 0 bridgehead atoms. The molecule has 3 rings (SSSR count). The first-order valence-electron chi connectivity index (χ1n) is 7.57. The number of anilines is 1. The van der Waals surface area contributed by atoms with Crippen LogP contribution in [0.25, 0.3) is 11.3 Å². The Hall–Kier alpha value is -1.88. The molecule has 0 spiro atoms. The lowest BCUT2D eigenvalue weighted by Gasteiger charge is -2.36. The van der Waals surface area contributed by atoms with Gasteiger partial charge < -0.3 is 9.64 Å². The fourth-order valence-corrected chi connectivity index (χ4v) is 3.35. The Bertz CT molecular complexity index is 708. The van der Waals surface area contributed by atoms with Gasteiger partial charge in [0.25, 0.3) is 5.91 Å². The van der Waals surface area contributed by atoms with E-state index in [2.05, 4.69) is 4.98 Å². The molecule has 2 aromatic rings. The molecular weight excluding hydrogens is 296 g/mol. The third-order valence-corrected chi connectivity index (χ3v) is 4.58. The fraction of sp³-hybridized carbons (Fsp3) is 0.412. The molecule has 0 radical (unpaired) electrons. The first-order valence-corrected chi connectivity index (χ1v) is 8.45. The van der Waals surface area contributed by atoms with Crippen LogP contribution in [0.1, 0.15) is 32.2 Å². The molecule has 1 amide bonds. The summed E-state index contributed by atoms with van der Waals surface area (Å²) in [4.78, 5) is 19.0. The van der Waals surface area contributed by atoms with Crippen LogP contribution in [-0.2, 0) is 4.79 Å². The van der Waals surface area contributed by atoms with Crippen LogP contribution in [0, 0.1) is 6.92 Å². The molecule has 1 aromatic carbocycles. The summed E-state index contributed by atoms with van der Waals surface area (Å²) >= 11 is 1.63. The van der Waals surface area contributed by atoms with E-state index < -0.39 is 0 Å². The summed E-state index contributed by atoms with van der Waals surface area (Å²) in [6, 6.07) is 6.06. The third kappa shape index (κ3) is 2.50. The number of hydrogen-bond acceptors (Lipinski definition) is 4. The Labute approximate surface area is 134 Å². The number of aryl methyl sites for hydroxylation is 1. The lowest BCUT2D eigenvalue weighted by Crippen LogP contribution is -2.48. The smallest absolute Gasteiger partial charge is 0.268 e. The van der Waals surface area contributed by atoms with E-state index in [9.17, 15) is 4.79 Å². The molecular formula is C17H20N2O2S. The van der Waals surface area contributed by atoms with Crippen LogP contribution in [0.2, 0.25) is 0 Å². The second-order valence-corrected chi connectivity index (χ2v) is 6.81. The van der Waals surface area contributed by atoms with Gasteiger partial charge in [0.2, 0.25) is 0 Å². The van der Waals surface area contributed by atoms with E-state index in [1.807, 2.05) is 56.2 Å². The van der Waals surface area contributed by atoms with E-state index in [0.29, 0.717) is 6.42 Å². The molecule has 1 aliphatic heterocycles. The van der Waals surface area contributed by atoms with Crippen molar-refractivity contribution in [1.82, 2.24) is 4.98 Å². The predicted octanol–water partition coefficient (Wildman–Crippen LogP) is 4.03. The average molecular weight is 316 g/mol. The van der Waals surface area contributed by atoms with Crippen LogP contribution in [0.4, 0.5) is 5.69 Å². The van der Waals surface area contributed by atoms with E-state index in [4.69, 9.17) is 4.74 Å². The second kappa shape index (κ2) is 5.72. The summed E-state index contributed by atoms with van der Waals surface area (Å²) < 4.78 is 5.86. The minimum atomic E-state index is -0.387. The van der Waals surface area contributed by atoms with Gasteiger partial charge in [0.1, 0.15) is 5.75 Å². The summed E-state index contributed by atoms with van der Waals surface area (Å²) in [5.41, 5.74) is 2.80. The molecule has 22 heavy (non-hydrogen) atoms. The quantitative estimate of drug-likeness (QED) is 0.858. The van der Waals surface area contributed by atoms with Gasteiger partial charge in [-0.25, -0.2) is 4.98 Å². The van der Waals surface area contributed by atoms with Gasteiger partial charge in [-0.1, -0.05) is 6.92 Å². The number of ether oxygens (including phenoxy) is 1. The summed E-state index contributed by atoms with van der Waals surface area (Å²) in [6.07, 6.45) is 0.288. The summed E-state index contributed by atoms with van der Waals surface area (Å²) in [7, 11) is 0. The van der Waals surface area contributed by atoms with Gasteiger partial charge in [-0.2, -0.15) is 0 Å². The van der Waals surface area contributed by atoms with E-state index in [0.717, 1.165) is 27.7 Å². The molecule has 1 aromatic heterocycles. The lowest BCUT2D eigenvalue weighted by atomic mass is 10.1. The second-order valence-electron chi connectivity index (χ2n) is 5.75. The zero-order valence-electron chi connectivity index (χ0n) is 13.3. The highest BCUT2D eigenvalue weighted by molar-refractivity contribution is 7.09. The van der Waals surface area contributed by atoms with Gasteiger partial charge in [-0.15, -0.1) is 11.3 Å². The summed E-state index contributed by atoms with van der Waals surface area (Å²) in [6.45, 7) is 8.02. The first kappa shape index (κ1) is 15.0. The van der Waals surface area contributed by atoms with Crippen molar-refractivity contribution in [2.45, 2.75) is 46.3 Å². The first-order chi connectivity index (χ1) is 10.5. The van der Waals surface area contributed by atoms with Crippen molar-refractivity contribution in [1.29, 1.82) is 0 Å². The minimum absolute atomic E-state index is 0.0385. The number of nitrogens with zero attached hydrogens (tertiary/aromatic N) is 2. The van der Waals surface area contributed by atoms with E-state index >= 15 is 0 Å². The van der Waals surface area contributed by atoms with Crippen LogP contribution in [0.15, 0.2) is 23.6 Å². The number of carbonyl (C=O) groups is 1. The highest BCUT2D eigenvalue weighted by Gasteiger charge is 2.34. The van der Waals surface area contributed by atoms with Gasteiger partial charge in [-0.05, 0) is 45.4 Å². The van der Waals surface area contributed by atoms with Crippen LogP contribution < -0.4 is 9.64 Å². The van der Waals surface area contributed by atoms with Crippen molar-refractivity contribution in [2.24, 2.45) is 0 Å². The normalized spacial score (nSPS) is 17.6. The highest BCUT2D eigenvalue weighted by atomic mass is 32.1. The number of thiazole rings is 1. The Kier molecular flexibility index (Phi) is 3.91. The predicted molar refractivity (Wildman–Crippen MR) is 89.6 cm³/mol. The van der Waals surface area contributed by atoms with Gasteiger partial charge in [-0.3, -0.25) is 4.79 Å². The lowest BCUT2D eigenvalue weighted by molar-refractivity contribution is -0.126. The number of hydrogen-bond donors (Lipinski definition) is 0. The molecule has 0 saturated carbocycles. The molecule has 0 N–H and O–H groups in total. The Balaban J connectivity index is 2.08. The van der Waals surface area contributed by atoms with Crippen molar-refractivity contribution >= 4 is 22.9 Å². The number of fused-ring (bicyclic) bond motifs is 1. The molecule has 5 heteroatoms. The number of aromatic nitrogens is 1. The molecule has 2 heterocycles. The van der Waals surface area contributed by atoms with Crippen LogP contribution in [0.5, 0.6) is 5.75 Å². The van der Waals surface area contributed by atoms with E-state index in [1.165, 1.54) is 0 Å². The van der Waals surface area contributed by atoms with Gasteiger partial charge in [0.05, 0.1) is 16.4 Å². The highest BCUT2D eigenvalue weighted by Crippen LogP contribution is 2.39. The standard InChI is InChI=1S/C17H20N2O2S/c1-5-15-17(20)19(10(2)3)14-8-12(6-7-16(14)21-15)13-9-22-11(4)18-13/h6-10,15H,5H2,1-4H3. The molecule has 1 aliphatic rings. The van der Waals surface area contributed by atoms with Gasteiger partial charge in [0.15, 0.2) is 6.10 Å². The Morgan fingerprint density at radius 2 is 2.18 bits per heavy atom. The van der Waals surface area contributed by atoms with Crippen molar-refractivity contribution in [3.05, 3.63) is 28.6 Å². The molecule has 0 aliphatic carbocycles. The summed E-state index contributed by atoms with van der Waals surface area (Å²) in [5.74, 6) is 0.812. The molecule has 4 nitrogen and oxygen atoms in total. The maximum absolute atomic E-state index is 12.6. The monoisotopic (exact) mass is 316 g/mol. The molecule has 0 saturated heterocycles. The molecule has 116 valence electrons. The third-order valence-electron chi connectivity index (χ3n) is 3.80. The fourth-order valence-electron chi connectivity index (χ4n) is 2.73. The maximum Gasteiger partial charge on any atom is 0.268 e. The summed E-state index contributed by atoms with van der Waals surface area (Å²) in [5, 5.41) is 3.07. The van der Waals surface area contributed by atoms with Crippen molar-refractivity contribution in [3.8, 4) is 17.0 Å². The van der Waals surface area contributed by atoms with Gasteiger partial charge >= 0.3 is 0 Å². The van der Waals surface area contributed by atoms with Crippen LogP contribution in [0.3, 0.4) is 0 Å². The zero-order chi connectivity index (χ0) is 15.9. The number of carbonyl (C=O) groups excluding carboxylic acids is 1. The number of benzene rings is 1. The van der Waals surface area contributed by atoms with E-state index in [-0.39, 0.29) is 18.1 Å². The van der Waals surface area contributed by atoms with Crippen molar-refractivity contribution in [2.75, 3.05) is 4.90 Å². The SMILES string of the molecule is CCC1Oc2ccc(-c3csc(C)n3)cc2N(C(C)C)C1=O. The van der Waals surface area contributed by atoms with Crippen LogP contribution >= 0.6 is 11.3 Å². The van der Waals surface area contributed by atoms with Crippen molar-refractivity contribution in [3.63, 3.8) is 0 Å². The minimum Gasteiger partial charge on any atom is -0.478 e. The molecule has 1 unspecified atom stereocenters. The molecule has 1 atom stereocenters. The zero-order valence-corrected chi connectivity index (χ0v) is 14.1.